The molecule has 3 rings (SSSR count). The van der Waals surface area contributed by atoms with Crippen LogP contribution in [0.4, 0.5) is 13.2 Å². The van der Waals surface area contributed by atoms with E-state index in [1.165, 1.54) is 12.5 Å². The van der Waals surface area contributed by atoms with Crippen LogP contribution < -0.4 is 5.32 Å². The van der Waals surface area contributed by atoms with Crippen LogP contribution in [0.25, 0.3) is 16.9 Å². The molecule has 1 N–H and O–H groups in total. The van der Waals surface area contributed by atoms with Crippen molar-refractivity contribution in [2.24, 2.45) is 5.16 Å². The molecule has 0 radical (unpaired) electrons. The lowest BCUT2D eigenvalue weighted by Crippen LogP contribution is -2.25. The Hall–Kier alpha value is -3.25. The summed E-state index contributed by atoms with van der Waals surface area (Å²) < 4.78 is 61.1. The Bertz CT molecular complexity index is 1320. The third-order valence-electron chi connectivity index (χ3n) is 5.14. The maximum Gasteiger partial charge on any atom is 0.389 e. The average Bonchev–Trinajstić information content (AvgIpc) is 3.22. The molecule has 0 fully saturated rings. The highest BCUT2D eigenvalue weighted by molar-refractivity contribution is 7.90. The number of carbonyl (C=O) groups is 1. The largest absolute Gasteiger partial charge is 0.394 e. The number of Topliss-reactive ketones (excluding diaryl/α,β-unsaturated/α-hetero) is 1. The molecule has 0 aliphatic heterocycles. The zero-order chi connectivity index (χ0) is 26.2. The summed E-state index contributed by atoms with van der Waals surface area (Å²) >= 11 is 0. The Labute approximate surface area is 207 Å². The van der Waals surface area contributed by atoms with E-state index in [1.54, 1.807) is 24.4 Å². The molecule has 3 aromatic rings. The van der Waals surface area contributed by atoms with Crippen molar-refractivity contribution in [2.45, 2.75) is 25.4 Å². The second-order valence-corrected chi connectivity index (χ2v) is 10.6. The number of halogens is 3. The maximum absolute atomic E-state index is 12.4. The summed E-state index contributed by atoms with van der Waals surface area (Å²) in [7, 11) is -2.99. The topological polar surface area (TPSA) is 102 Å². The lowest BCUT2D eigenvalue weighted by Gasteiger charge is -2.07. The van der Waals surface area contributed by atoms with Crippen LogP contribution in [0, 0.1) is 0 Å². The van der Waals surface area contributed by atoms with Crippen molar-refractivity contribution in [1.29, 1.82) is 0 Å². The van der Waals surface area contributed by atoms with Gasteiger partial charge in [0.25, 0.3) is 0 Å². The first-order valence-electron chi connectivity index (χ1n) is 11.2. The first-order chi connectivity index (χ1) is 17.0. The van der Waals surface area contributed by atoms with E-state index in [1.807, 2.05) is 28.8 Å². The van der Waals surface area contributed by atoms with Gasteiger partial charge in [0.1, 0.15) is 27.9 Å². The fourth-order valence-corrected chi connectivity index (χ4v) is 3.89. The average molecular weight is 525 g/mol. The molecular formula is C24H27F3N4O4S. The van der Waals surface area contributed by atoms with Gasteiger partial charge in [0.05, 0.1) is 30.3 Å². The molecule has 36 heavy (non-hydrogen) atoms. The van der Waals surface area contributed by atoms with Gasteiger partial charge in [0, 0.05) is 49.5 Å². The first-order valence-corrected chi connectivity index (χ1v) is 13.2. The molecule has 0 spiro atoms. The number of aromatic nitrogens is 2. The highest BCUT2D eigenvalue weighted by Gasteiger charge is 2.27. The zero-order valence-corrected chi connectivity index (χ0v) is 20.5. The summed E-state index contributed by atoms with van der Waals surface area (Å²) in [6, 6.07) is 10.7. The predicted octanol–water partition coefficient (Wildman–Crippen LogP) is 3.44. The highest BCUT2D eigenvalue weighted by Crippen LogP contribution is 2.24. The number of nitrogens with zero attached hydrogens (tertiary/aromatic N) is 3. The van der Waals surface area contributed by atoms with Crippen LogP contribution in [-0.4, -0.2) is 67.7 Å². The number of sulfone groups is 1. The lowest BCUT2D eigenvalue weighted by atomic mass is 10.0. The Kier molecular flexibility index (Phi) is 9.21. The Morgan fingerprint density at radius 1 is 1.22 bits per heavy atom. The van der Waals surface area contributed by atoms with Gasteiger partial charge in [-0.15, -0.1) is 0 Å². The maximum atomic E-state index is 12.4. The van der Waals surface area contributed by atoms with Gasteiger partial charge in [-0.1, -0.05) is 23.4 Å². The number of hydrogen-bond acceptors (Lipinski definition) is 7. The van der Waals surface area contributed by atoms with Crippen molar-refractivity contribution < 1.29 is 31.2 Å². The van der Waals surface area contributed by atoms with E-state index in [0.29, 0.717) is 24.3 Å². The number of pyridine rings is 1. The molecule has 0 bridgehead atoms. The van der Waals surface area contributed by atoms with E-state index >= 15 is 0 Å². The molecule has 0 saturated heterocycles. The normalized spacial score (nSPS) is 12.4. The minimum absolute atomic E-state index is 0.0610. The van der Waals surface area contributed by atoms with Crippen LogP contribution in [0.3, 0.4) is 0 Å². The van der Waals surface area contributed by atoms with Gasteiger partial charge < -0.3 is 10.2 Å². The van der Waals surface area contributed by atoms with Gasteiger partial charge in [0.2, 0.25) is 0 Å². The molecular weight excluding hydrogens is 497 g/mol. The summed E-state index contributed by atoms with van der Waals surface area (Å²) in [4.78, 5) is 21.5. The van der Waals surface area contributed by atoms with Crippen LogP contribution in [0.1, 0.15) is 24.0 Å². The summed E-state index contributed by atoms with van der Waals surface area (Å²) in [5.41, 5.74) is 3.62. The minimum atomic E-state index is -4.34. The fourth-order valence-electron chi connectivity index (χ4n) is 3.38. The van der Waals surface area contributed by atoms with E-state index in [4.69, 9.17) is 4.84 Å². The molecule has 194 valence electrons. The van der Waals surface area contributed by atoms with Crippen LogP contribution in [0.5, 0.6) is 0 Å². The monoisotopic (exact) mass is 524 g/mol. The Morgan fingerprint density at radius 2 is 2.03 bits per heavy atom. The van der Waals surface area contributed by atoms with Gasteiger partial charge in [-0.25, -0.2) is 13.4 Å². The summed E-state index contributed by atoms with van der Waals surface area (Å²) in [6.07, 6.45) is 0.164. The van der Waals surface area contributed by atoms with E-state index in [0.717, 1.165) is 16.8 Å². The number of fused-ring (bicyclic) bond motifs is 1. The van der Waals surface area contributed by atoms with Crippen molar-refractivity contribution in [3.63, 3.8) is 0 Å². The molecule has 2 aromatic heterocycles. The van der Waals surface area contributed by atoms with Crippen LogP contribution >= 0.6 is 0 Å². The number of oxime groups is 1. The van der Waals surface area contributed by atoms with Gasteiger partial charge in [-0.3, -0.25) is 9.20 Å². The van der Waals surface area contributed by atoms with Gasteiger partial charge in [-0.05, 0) is 23.8 Å². The summed E-state index contributed by atoms with van der Waals surface area (Å²) in [6.45, 7) is 1.09. The molecule has 0 atom stereocenters. The fraction of sp³-hybridized carbons (Fsp3) is 0.375. The SMILES string of the molecule is CS(=O)(=O)CCNCCO/N=C\c1ccn2c(-c3cccc(CC(=O)CCC(F)(F)F)c3)cnc2c1. The smallest absolute Gasteiger partial charge is 0.389 e. The number of carbonyl (C=O) groups excluding carboxylic acids is 1. The number of hydrogen-bond donors (Lipinski definition) is 1. The molecule has 1 aromatic carbocycles. The molecule has 2 heterocycles. The quantitative estimate of drug-likeness (QED) is 0.209. The number of rotatable bonds is 13. The standard InChI is InChI=1S/C24H27F3N4O4S/c1-36(33,34)12-9-28-8-11-35-30-16-19-6-10-31-22(17-29-23(31)15-19)20-4-2-3-18(13-20)14-21(32)5-7-24(25,26)27/h2-4,6,10,13,15-17,28H,5,7-9,11-12,14H2,1H3/b30-16-. The van der Waals surface area contributed by atoms with Gasteiger partial charge in [-0.2, -0.15) is 13.2 Å². The number of ketones is 1. The van der Waals surface area contributed by atoms with Crippen molar-refractivity contribution in [1.82, 2.24) is 14.7 Å². The molecule has 0 saturated carbocycles. The van der Waals surface area contributed by atoms with Crippen molar-refractivity contribution in [2.75, 3.05) is 31.7 Å². The highest BCUT2D eigenvalue weighted by atomic mass is 32.2. The van der Waals surface area contributed by atoms with Gasteiger partial charge >= 0.3 is 6.18 Å². The van der Waals surface area contributed by atoms with Crippen molar-refractivity contribution in [3.05, 3.63) is 59.9 Å². The second kappa shape index (κ2) is 12.1. The minimum Gasteiger partial charge on any atom is -0.394 e. The Morgan fingerprint density at radius 3 is 2.78 bits per heavy atom. The second-order valence-electron chi connectivity index (χ2n) is 8.31. The van der Waals surface area contributed by atoms with Crippen LogP contribution in [0.15, 0.2) is 53.9 Å². The molecule has 8 nitrogen and oxygen atoms in total. The molecule has 12 heteroatoms. The third-order valence-corrected chi connectivity index (χ3v) is 6.09. The van der Waals surface area contributed by atoms with E-state index < -0.39 is 34.6 Å². The van der Waals surface area contributed by atoms with Gasteiger partial charge in [0.15, 0.2) is 0 Å². The van der Waals surface area contributed by atoms with E-state index in [9.17, 15) is 26.4 Å². The van der Waals surface area contributed by atoms with E-state index in [-0.39, 0.29) is 18.8 Å². The summed E-state index contributed by atoms with van der Waals surface area (Å²) in [5.74, 6) is -0.397. The molecule has 0 aliphatic carbocycles. The van der Waals surface area contributed by atoms with Crippen LogP contribution in [-0.2, 0) is 25.9 Å². The Balaban J connectivity index is 1.57. The van der Waals surface area contributed by atoms with E-state index in [2.05, 4.69) is 15.5 Å². The molecule has 0 amide bonds. The number of nitrogens with one attached hydrogen (secondary N) is 1. The van der Waals surface area contributed by atoms with Crippen LogP contribution in [0.2, 0.25) is 0 Å². The number of imidazole rings is 1. The number of benzene rings is 1. The molecule has 0 aliphatic rings. The van der Waals surface area contributed by atoms with Crippen molar-refractivity contribution in [3.8, 4) is 11.3 Å². The number of alkyl halides is 3. The predicted molar refractivity (Wildman–Crippen MR) is 131 cm³/mol. The van der Waals surface area contributed by atoms with Crippen molar-refractivity contribution >= 4 is 27.5 Å². The molecule has 0 unspecified atom stereocenters. The third kappa shape index (κ3) is 9.08. The first kappa shape index (κ1) is 27.3. The lowest BCUT2D eigenvalue weighted by molar-refractivity contribution is -0.143. The zero-order valence-electron chi connectivity index (χ0n) is 19.7. The summed E-state index contributed by atoms with van der Waals surface area (Å²) in [5, 5.41) is 6.86.